The number of rotatable bonds is 11. The van der Waals surface area contributed by atoms with E-state index in [0.717, 1.165) is 25.7 Å². The zero-order chi connectivity index (χ0) is 15.6. The molecule has 0 bridgehead atoms. The number of hydrogen-bond donors (Lipinski definition) is 0. The maximum absolute atomic E-state index is 12.2. The Kier molecular flexibility index (Phi) is 8.67. The van der Waals surface area contributed by atoms with Gasteiger partial charge in [0.2, 0.25) is 0 Å². The molecule has 0 saturated heterocycles. The number of hydrogen-bond acceptors (Lipinski definition) is 2. The highest BCUT2D eigenvalue weighted by atomic mass is 32.2. The molecule has 1 aromatic carbocycles. The smallest absolute Gasteiger partial charge is 0.178 e. The van der Waals surface area contributed by atoms with Crippen molar-refractivity contribution in [3.63, 3.8) is 0 Å². The van der Waals surface area contributed by atoms with E-state index in [-0.39, 0.29) is 5.75 Å². The van der Waals surface area contributed by atoms with E-state index in [1.807, 2.05) is 12.1 Å². The van der Waals surface area contributed by atoms with Crippen LogP contribution in [0.5, 0.6) is 0 Å². The fourth-order valence-corrected chi connectivity index (χ4v) is 3.56. The minimum absolute atomic E-state index is 0.228. The van der Waals surface area contributed by atoms with Gasteiger partial charge in [-0.15, -0.1) is 0 Å². The average molecular weight is 309 g/mol. The zero-order valence-electron chi connectivity index (χ0n) is 13.5. The van der Waals surface area contributed by atoms with Gasteiger partial charge in [-0.3, -0.25) is 0 Å². The van der Waals surface area contributed by atoms with E-state index in [2.05, 4.69) is 20.3 Å². The van der Waals surface area contributed by atoms with Gasteiger partial charge >= 0.3 is 0 Å². The maximum atomic E-state index is 12.2. The van der Waals surface area contributed by atoms with Crippen LogP contribution in [0.4, 0.5) is 0 Å². The summed E-state index contributed by atoms with van der Waals surface area (Å²) in [6.07, 6.45) is 10.7. The van der Waals surface area contributed by atoms with Gasteiger partial charge in [0.25, 0.3) is 0 Å². The molecule has 0 unspecified atom stereocenters. The summed E-state index contributed by atoms with van der Waals surface area (Å²) in [7, 11) is -3.12. The molecule has 0 N–H and O–H groups in total. The summed E-state index contributed by atoms with van der Waals surface area (Å²) in [5.74, 6) is 0.228. The summed E-state index contributed by atoms with van der Waals surface area (Å²) in [6, 6.07) is 7.46. The number of sulfone groups is 1. The highest BCUT2D eigenvalue weighted by Crippen LogP contribution is 2.16. The molecule has 21 heavy (non-hydrogen) atoms. The van der Waals surface area contributed by atoms with E-state index in [1.54, 1.807) is 12.1 Å². The zero-order valence-corrected chi connectivity index (χ0v) is 14.3. The quantitative estimate of drug-likeness (QED) is 0.540. The van der Waals surface area contributed by atoms with E-state index < -0.39 is 9.84 Å². The largest absolute Gasteiger partial charge is 0.224 e. The van der Waals surface area contributed by atoms with Crippen molar-refractivity contribution in [3.8, 4) is 0 Å². The molecule has 1 rings (SSSR count). The van der Waals surface area contributed by atoms with E-state index in [1.165, 1.54) is 24.8 Å². The summed E-state index contributed by atoms with van der Waals surface area (Å²) in [5.41, 5.74) is 1.23. The lowest BCUT2D eigenvalue weighted by molar-refractivity contribution is 0.594. The predicted molar refractivity (Wildman–Crippen MR) is 90.2 cm³/mol. The molecular formula is C18H29O2S. The molecule has 0 spiro atoms. The lowest BCUT2D eigenvalue weighted by Crippen LogP contribution is -2.07. The molecule has 0 heterocycles. The summed E-state index contributed by atoms with van der Waals surface area (Å²) in [6.45, 7) is 4.33. The van der Waals surface area contributed by atoms with E-state index >= 15 is 0 Å². The van der Waals surface area contributed by atoms with Gasteiger partial charge in [0.15, 0.2) is 9.84 Å². The van der Waals surface area contributed by atoms with E-state index in [0.29, 0.717) is 11.3 Å². The number of unbranched alkanes of at least 4 members (excludes halogenated alkanes) is 6. The van der Waals surface area contributed by atoms with Gasteiger partial charge in [-0.2, -0.15) is 0 Å². The van der Waals surface area contributed by atoms with Crippen molar-refractivity contribution in [2.45, 2.75) is 70.1 Å². The summed E-state index contributed by atoms with van der Waals surface area (Å²) in [5, 5.41) is 0. The molecule has 3 heteroatoms. The fraction of sp³-hybridized carbons (Fsp3) is 0.611. The van der Waals surface area contributed by atoms with Crippen molar-refractivity contribution in [3.05, 3.63) is 36.2 Å². The molecule has 0 aliphatic heterocycles. The van der Waals surface area contributed by atoms with Crippen LogP contribution >= 0.6 is 0 Å². The van der Waals surface area contributed by atoms with Crippen molar-refractivity contribution >= 4 is 9.84 Å². The molecule has 2 nitrogen and oxygen atoms in total. The Morgan fingerprint density at radius 1 is 0.905 bits per heavy atom. The topological polar surface area (TPSA) is 34.1 Å². The Balaban J connectivity index is 2.47. The summed E-state index contributed by atoms with van der Waals surface area (Å²) >= 11 is 0. The third-order valence-electron chi connectivity index (χ3n) is 3.70. The lowest BCUT2D eigenvalue weighted by atomic mass is 10.1. The molecule has 0 aromatic heterocycles. The Hall–Kier alpha value is -0.830. The normalized spacial score (nSPS) is 11.7. The van der Waals surface area contributed by atoms with Crippen LogP contribution in [0.1, 0.15) is 64.4 Å². The van der Waals surface area contributed by atoms with Gasteiger partial charge in [0, 0.05) is 0 Å². The Morgan fingerprint density at radius 2 is 1.57 bits per heavy atom. The second-order valence-electron chi connectivity index (χ2n) is 5.64. The molecule has 1 radical (unpaired) electrons. The molecular weight excluding hydrogens is 280 g/mol. The van der Waals surface area contributed by atoms with Crippen LogP contribution in [0, 0.1) is 6.42 Å². The Bertz CT molecular complexity index is 474. The monoisotopic (exact) mass is 309 g/mol. The van der Waals surface area contributed by atoms with Gasteiger partial charge < -0.3 is 0 Å². The second-order valence-corrected chi connectivity index (χ2v) is 7.75. The highest BCUT2D eigenvalue weighted by molar-refractivity contribution is 7.91. The van der Waals surface area contributed by atoms with Crippen LogP contribution in [0.2, 0.25) is 0 Å². The van der Waals surface area contributed by atoms with Crippen LogP contribution < -0.4 is 0 Å². The van der Waals surface area contributed by atoms with Crippen LogP contribution in [-0.2, 0) is 16.3 Å². The first-order valence-electron chi connectivity index (χ1n) is 8.23. The molecule has 119 valence electrons. The van der Waals surface area contributed by atoms with E-state index in [4.69, 9.17) is 0 Å². The summed E-state index contributed by atoms with van der Waals surface area (Å²) < 4.78 is 24.4. The lowest BCUT2D eigenvalue weighted by Gasteiger charge is -2.06. The minimum Gasteiger partial charge on any atom is -0.224 e. The van der Waals surface area contributed by atoms with Crippen LogP contribution in [0.25, 0.3) is 0 Å². The van der Waals surface area contributed by atoms with Crippen LogP contribution in [0.15, 0.2) is 29.2 Å². The minimum atomic E-state index is -3.12. The SMILES string of the molecule is CCCC[CH]CCS(=O)(=O)c1ccc(CCCCC)cc1. The maximum Gasteiger partial charge on any atom is 0.178 e. The first kappa shape index (κ1) is 18.2. The van der Waals surface area contributed by atoms with Crippen molar-refractivity contribution in [2.24, 2.45) is 0 Å². The number of benzene rings is 1. The fourth-order valence-electron chi connectivity index (χ4n) is 2.29. The van der Waals surface area contributed by atoms with E-state index in [9.17, 15) is 8.42 Å². The van der Waals surface area contributed by atoms with Gasteiger partial charge in [-0.1, -0.05) is 58.1 Å². The first-order valence-corrected chi connectivity index (χ1v) is 9.88. The van der Waals surface area contributed by atoms with Gasteiger partial charge in [-0.05, 0) is 43.4 Å². The van der Waals surface area contributed by atoms with Gasteiger partial charge in [-0.25, -0.2) is 8.42 Å². The van der Waals surface area contributed by atoms with Crippen molar-refractivity contribution in [1.82, 2.24) is 0 Å². The Morgan fingerprint density at radius 3 is 2.19 bits per heavy atom. The van der Waals surface area contributed by atoms with Crippen LogP contribution in [-0.4, -0.2) is 14.2 Å². The Labute approximate surface area is 130 Å². The average Bonchev–Trinajstić information content (AvgIpc) is 2.48. The summed E-state index contributed by atoms with van der Waals surface area (Å²) in [4.78, 5) is 0.464. The molecule has 0 amide bonds. The van der Waals surface area contributed by atoms with Crippen molar-refractivity contribution in [1.29, 1.82) is 0 Å². The van der Waals surface area contributed by atoms with Crippen molar-refractivity contribution < 1.29 is 8.42 Å². The molecule has 0 atom stereocenters. The second kappa shape index (κ2) is 9.99. The van der Waals surface area contributed by atoms with Gasteiger partial charge in [0.1, 0.15) is 0 Å². The first-order chi connectivity index (χ1) is 10.1. The molecule has 0 saturated carbocycles. The standard InChI is InChI=1S/C18H29O2S/c1-3-5-7-8-10-16-21(19,20)18-14-12-17(13-15-18)11-9-6-4-2/h8,12-15H,3-7,9-11,16H2,1-2H3. The van der Waals surface area contributed by atoms with Gasteiger partial charge in [0.05, 0.1) is 10.6 Å². The third kappa shape index (κ3) is 7.12. The van der Waals surface area contributed by atoms with Crippen molar-refractivity contribution in [2.75, 3.05) is 5.75 Å². The number of aryl methyl sites for hydroxylation is 1. The molecule has 0 aliphatic rings. The molecule has 0 fully saturated rings. The predicted octanol–water partition coefficient (Wildman–Crippen LogP) is 4.98. The highest BCUT2D eigenvalue weighted by Gasteiger charge is 2.13. The third-order valence-corrected chi connectivity index (χ3v) is 5.47. The van der Waals surface area contributed by atoms with Crippen LogP contribution in [0.3, 0.4) is 0 Å². The molecule has 0 aliphatic carbocycles. The molecule has 1 aromatic rings.